The molecule has 0 fully saturated rings. The van der Waals surface area contributed by atoms with E-state index in [1.165, 1.54) is 12.1 Å². The summed E-state index contributed by atoms with van der Waals surface area (Å²) in [6.07, 6.45) is 0. The zero-order chi connectivity index (χ0) is 11.7. The molecule has 0 aliphatic carbocycles. The zero-order valence-electron chi connectivity index (χ0n) is 8.54. The molecule has 0 bridgehead atoms. The summed E-state index contributed by atoms with van der Waals surface area (Å²) in [5, 5.41) is 4.26. The maximum Gasteiger partial charge on any atom is 0.129 e. The van der Waals surface area contributed by atoms with Crippen LogP contribution in [0.15, 0.2) is 33.5 Å². The van der Waals surface area contributed by atoms with Crippen molar-refractivity contribution in [2.45, 2.75) is 13.5 Å². The van der Waals surface area contributed by atoms with E-state index < -0.39 is 0 Å². The maximum absolute atomic E-state index is 12.9. The van der Waals surface area contributed by atoms with Gasteiger partial charge in [0, 0.05) is 6.07 Å². The standard InChI is InChI=1S/C11H9Br2FN2/c1-7-4-9(14)3-2-8(7)6-16-11(13)5-10(12)15-16/h2-5H,6H2,1H3. The van der Waals surface area contributed by atoms with E-state index in [0.717, 1.165) is 20.3 Å². The lowest BCUT2D eigenvalue weighted by Gasteiger charge is -2.07. The van der Waals surface area contributed by atoms with Crippen LogP contribution in [-0.2, 0) is 6.54 Å². The molecule has 0 unspecified atom stereocenters. The van der Waals surface area contributed by atoms with E-state index in [4.69, 9.17) is 0 Å². The highest BCUT2D eigenvalue weighted by Gasteiger charge is 2.06. The molecule has 2 aromatic rings. The molecule has 0 N–H and O–H groups in total. The van der Waals surface area contributed by atoms with Gasteiger partial charge in [0.25, 0.3) is 0 Å². The topological polar surface area (TPSA) is 17.8 Å². The molecule has 0 saturated heterocycles. The summed E-state index contributed by atoms with van der Waals surface area (Å²) in [7, 11) is 0. The highest BCUT2D eigenvalue weighted by molar-refractivity contribution is 9.11. The molecule has 0 aliphatic rings. The Bertz CT molecular complexity index is 523. The zero-order valence-corrected chi connectivity index (χ0v) is 11.7. The summed E-state index contributed by atoms with van der Waals surface area (Å²) in [5.74, 6) is -0.207. The van der Waals surface area contributed by atoms with Crippen LogP contribution in [0, 0.1) is 12.7 Å². The number of hydrogen-bond donors (Lipinski definition) is 0. The van der Waals surface area contributed by atoms with Crippen LogP contribution in [0.4, 0.5) is 4.39 Å². The van der Waals surface area contributed by atoms with Crippen molar-refractivity contribution in [2.75, 3.05) is 0 Å². The van der Waals surface area contributed by atoms with Crippen LogP contribution < -0.4 is 0 Å². The third kappa shape index (κ3) is 2.52. The van der Waals surface area contributed by atoms with Crippen LogP contribution in [0.3, 0.4) is 0 Å². The number of rotatable bonds is 2. The van der Waals surface area contributed by atoms with Crippen molar-refractivity contribution >= 4 is 31.9 Å². The van der Waals surface area contributed by atoms with Crippen molar-refractivity contribution in [3.63, 3.8) is 0 Å². The van der Waals surface area contributed by atoms with Gasteiger partial charge in [-0.3, -0.25) is 4.68 Å². The predicted octanol–water partition coefficient (Wildman–Crippen LogP) is 3.90. The van der Waals surface area contributed by atoms with Crippen molar-refractivity contribution in [1.29, 1.82) is 0 Å². The second-order valence-corrected chi connectivity index (χ2v) is 5.14. The smallest absolute Gasteiger partial charge is 0.129 e. The van der Waals surface area contributed by atoms with Gasteiger partial charge in [-0.05, 0) is 62.0 Å². The molecule has 0 amide bonds. The summed E-state index contributed by atoms with van der Waals surface area (Å²) in [4.78, 5) is 0. The molecule has 2 rings (SSSR count). The van der Waals surface area contributed by atoms with Gasteiger partial charge < -0.3 is 0 Å². The van der Waals surface area contributed by atoms with Gasteiger partial charge >= 0.3 is 0 Å². The van der Waals surface area contributed by atoms with Crippen LogP contribution in [0.2, 0.25) is 0 Å². The van der Waals surface area contributed by atoms with Crippen molar-refractivity contribution in [1.82, 2.24) is 9.78 Å². The molecule has 84 valence electrons. The van der Waals surface area contributed by atoms with E-state index in [-0.39, 0.29) is 5.82 Å². The van der Waals surface area contributed by atoms with Gasteiger partial charge in [-0.15, -0.1) is 0 Å². The second-order valence-electron chi connectivity index (χ2n) is 3.52. The highest BCUT2D eigenvalue weighted by atomic mass is 79.9. The Morgan fingerprint density at radius 1 is 1.31 bits per heavy atom. The molecule has 16 heavy (non-hydrogen) atoms. The molecule has 0 aliphatic heterocycles. The van der Waals surface area contributed by atoms with Crippen LogP contribution in [0.25, 0.3) is 0 Å². The van der Waals surface area contributed by atoms with Gasteiger partial charge in [0.15, 0.2) is 0 Å². The summed E-state index contributed by atoms with van der Waals surface area (Å²) in [6.45, 7) is 2.52. The van der Waals surface area contributed by atoms with Crippen LogP contribution >= 0.6 is 31.9 Å². The molecule has 0 radical (unpaired) electrons. The first-order chi connectivity index (χ1) is 7.56. The number of halogens is 3. The number of hydrogen-bond acceptors (Lipinski definition) is 1. The molecule has 0 saturated carbocycles. The first kappa shape index (κ1) is 11.8. The molecule has 1 aromatic carbocycles. The average Bonchev–Trinajstić information content (AvgIpc) is 2.50. The summed E-state index contributed by atoms with van der Waals surface area (Å²) in [5.41, 5.74) is 1.98. The van der Waals surface area contributed by atoms with Crippen LogP contribution in [-0.4, -0.2) is 9.78 Å². The normalized spacial score (nSPS) is 10.8. The van der Waals surface area contributed by atoms with Crippen molar-refractivity contribution in [2.24, 2.45) is 0 Å². The molecule has 5 heteroatoms. The Morgan fingerprint density at radius 2 is 2.06 bits per heavy atom. The minimum absolute atomic E-state index is 0.207. The van der Waals surface area contributed by atoms with E-state index in [1.807, 2.05) is 17.7 Å². The number of aryl methyl sites for hydroxylation is 1. The minimum Gasteiger partial charge on any atom is -0.253 e. The second kappa shape index (κ2) is 4.67. The third-order valence-corrected chi connectivity index (χ3v) is 3.35. The van der Waals surface area contributed by atoms with E-state index in [9.17, 15) is 4.39 Å². The SMILES string of the molecule is Cc1cc(F)ccc1Cn1nc(Br)cc1Br. The molecule has 1 heterocycles. The number of benzene rings is 1. The molecular weight excluding hydrogens is 339 g/mol. The van der Waals surface area contributed by atoms with E-state index in [0.29, 0.717) is 6.54 Å². The van der Waals surface area contributed by atoms with Gasteiger partial charge in [-0.2, -0.15) is 5.10 Å². The predicted molar refractivity (Wildman–Crippen MR) is 67.9 cm³/mol. The molecule has 2 nitrogen and oxygen atoms in total. The molecule has 1 aromatic heterocycles. The van der Waals surface area contributed by atoms with E-state index in [2.05, 4.69) is 37.0 Å². The number of aromatic nitrogens is 2. The highest BCUT2D eigenvalue weighted by Crippen LogP contribution is 2.19. The fourth-order valence-electron chi connectivity index (χ4n) is 1.47. The van der Waals surface area contributed by atoms with Crippen molar-refractivity contribution in [3.8, 4) is 0 Å². The summed E-state index contributed by atoms with van der Waals surface area (Å²) >= 11 is 6.71. The maximum atomic E-state index is 12.9. The molecule has 0 atom stereocenters. The monoisotopic (exact) mass is 346 g/mol. The van der Waals surface area contributed by atoms with Crippen molar-refractivity contribution in [3.05, 3.63) is 50.4 Å². The lowest BCUT2D eigenvalue weighted by molar-refractivity contribution is 0.621. The third-order valence-electron chi connectivity index (χ3n) is 2.33. The quantitative estimate of drug-likeness (QED) is 0.805. The Balaban J connectivity index is 2.30. The fourth-order valence-corrected chi connectivity index (χ4v) is 2.61. The van der Waals surface area contributed by atoms with Gasteiger partial charge in [-0.1, -0.05) is 6.07 Å². The van der Waals surface area contributed by atoms with Gasteiger partial charge in [0.05, 0.1) is 6.54 Å². The Morgan fingerprint density at radius 3 is 2.62 bits per heavy atom. The average molecular weight is 348 g/mol. The lowest BCUT2D eigenvalue weighted by Crippen LogP contribution is -2.03. The fraction of sp³-hybridized carbons (Fsp3) is 0.182. The largest absolute Gasteiger partial charge is 0.253 e. The van der Waals surface area contributed by atoms with E-state index in [1.54, 1.807) is 6.07 Å². The van der Waals surface area contributed by atoms with Crippen LogP contribution in [0.1, 0.15) is 11.1 Å². The Hall–Kier alpha value is -0.680. The van der Waals surface area contributed by atoms with Crippen LogP contribution in [0.5, 0.6) is 0 Å². The molecule has 0 spiro atoms. The minimum atomic E-state index is -0.207. The van der Waals surface area contributed by atoms with Gasteiger partial charge in [0.1, 0.15) is 15.0 Å². The number of nitrogens with zero attached hydrogens (tertiary/aromatic N) is 2. The summed E-state index contributed by atoms with van der Waals surface area (Å²) in [6, 6.07) is 6.65. The first-order valence-electron chi connectivity index (χ1n) is 4.70. The lowest BCUT2D eigenvalue weighted by atomic mass is 10.1. The van der Waals surface area contributed by atoms with Gasteiger partial charge in [0.2, 0.25) is 0 Å². The summed E-state index contributed by atoms with van der Waals surface area (Å²) < 4.78 is 16.4. The Labute approximate surface area is 110 Å². The Kier molecular flexibility index (Phi) is 3.44. The first-order valence-corrected chi connectivity index (χ1v) is 6.29. The molecular formula is C11H9Br2FN2. The van der Waals surface area contributed by atoms with E-state index >= 15 is 0 Å². The van der Waals surface area contributed by atoms with Crippen molar-refractivity contribution < 1.29 is 4.39 Å². The van der Waals surface area contributed by atoms with Gasteiger partial charge in [-0.25, -0.2) is 4.39 Å².